The van der Waals surface area contributed by atoms with Crippen molar-refractivity contribution in [1.82, 2.24) is 4.90 Å². The van der Waals surface area contributed by atoms with Gasteiger partial charge in [0.15, 0.2) is 0 Å². The maximum Gasteiger partial charge on any atom is 0.238 e. The van der Waals surface area contributed by atoms with Crippen LogP contribution in [0.4, 0.5) is 11.4 Å². The summed E-state index contributed by atoms with van der Waals surface area (Å²) in [5, 5.41) is 3.98. The molecule has 1 unspecified atom stereocenters. The molecule has 3 N–H and O–H groups in total. The summed E-state index contributed by atoms with van der Waals surface area (Å²) in [5.74, 6) is 1.05. The van der Waals surface area contributed by atoms with E-state index in [0.29, 0.717) is 28.2 Å². The fourth-order valence-corrected chi connectivity index (χ4v) is 3.34. The maximum atomic E-state index is 12.0. The minimum Gasteiger partial charge on any atom is -0.397 e. The third-order valence-electron chi connectivity index (χ3n) is 2.98. The van der Waals surface area contributed by atoms with E-state index in [2.05, 4.69) is 17.1 Å². The number of carbonyl (C=O) groups is 1. The van der Waals surface area contributed by atoms with Gasteiger partial charge in [-0.25, -0.2) is 0 Å². The Morgan fingerprint density at radius 2 is 2.42 bits per heavy atom. The van der Waals surface area contributed by atoms with Crippen LogP contribution in [0, 0.1) is 0 Å². The Balaban J connectivity index is 1.90. The second-order valence-electron chi connectivity index (χ2n) is 4.70. The minimum atomic E-state index is -0.0341. The van der Waals surface area contributed by atoms with E-state index in [9.17, 15) is 4.79 Å². The molecule has 1 amide bonds. The van der Waals surface area contributed by atoms with Crippen molar-refractivity contribution in [3.63, 3.8) is 0 Å². The van der Waals surface area contributed by atoms with E-state index in [-0.39, 0.29) is 5.91 Å². The van der Waals surface area contributed by atoms with Crippen LogP contribution in [-0.4, -0.2) is 41.4 Å². The number of rotatable bonds is 3. The van der Waals surface area contributed by atoms with Gasteiger partial charge >= 0.3 is 0 Å². The van der Waals surface area contributed by atoms with E-state index in [0.717, 1.165) is 18.8 Å². The topological polar surface area (TPSA) is 58.4 Å². The SMILES string of the molecule is CC1CN(CC(=O)Nc2ccc(Cl)cc2N)CCS1. The van der Waals surface area contributed by atoms with Gasteiger partial charge in [0.25, 0.3) is 0 Å². The zero-order valence-corrected chi connectivity index (χ0v) is 12.4. The van der Waals surface area contributed by atoms with E-state index in [4.69, 9.17) is 17.3 Å². The van der Waals surface area contributed by atoms with Gasteiger partial charge in [-0.2, -0.15) is 11.8 Å². The largest absolute Gasteiger partial charge is 0.397 e. The first-order valence-electron chi connectivity index (χ1n) is 6.23. The molecule has 1 saturated heterocycles. The van der Waals surface area contributed by atoms with Crippen molar-refractivity contribution in [2.45, 2.75) is 12.2 Å². The van der Waals surface area contributed by atoms with E-state index in [1.165, 1.54) is 0 Å². The number of hydrogen-bond acceptors (Lipinski definition) is 4. The van der Waals surface area contributed by atoms with Gasteiger partial charge in [0.2, 0.25) is 5.91 Å². The Hall–Kier alpha value is -0.910. The van der Waals surface area contributed by atoms with Crippen LogP contribution in [0.5, 0.6) is 0 Å². The predicted molar refractivity (Wildman–Crippen MR) is 82.9 cm³/mol. The van der Waals surface area contributed by atoms with E-state index in [1.807, 2.05) is 11.8 Å². The Morgan fingerprint density at radius 1 is 1.63 bits per heavy atom. The highest BCUT2D eigenvalue weighted by molar-refractivity contribution is 7.99. The number of nitrogens with zero attached hydrogens (tertiary/aromatic N) is 1. The summed E-state index contributed by atoms with van der Waals surface area (Å²) in [6, 6.07) is 5.08. The molecule has 4 nitrogen and oxygen atoms in total. The molecule has 1 fully saturated rings. The summed E-state index contributed by atoms with van der Waals surface area (Å²) in [5.41, 5.74) is 6.92. The first-order valence-corrected chi connectivity index (χ1v) is 7.66. The molecule has 2 rings (SSSR count). The van der Waals surface area contributed by atoms with Crippen LogP contribution in [0.2, 0.25) is 5.02 Å². The molecule has 0 aliphatic carbocycles. The van der Waals surface area contributed by atoms with Gasteiger partial charge < -0.3 is 11.1 Å². The first kappa shape index (κ1) is 14.5. The molecule has 1 aromatic rings. The van der Waals surface area contributed by atoms with Crippen LogP contribution in [0.1, 0.15) is 6.92 Å². The van der Waals surface area contributed by atoms with Gasteiger partial charge in [0.1, 0.15) is 0 Å². The van der Waals surface area contributed by atoms with Crippen LogP contribution in [-0.2, 0) is 4.79 Å². The number of amides is 1. The summed E-state index contributed by atoms with van der Waals surface area (Å²) >= 11 is 7.77. The molecular weight excluding hydrogens is 282 g/mol. The lowest BCUT2D eigenvalue weighted by atomic mass is 10.2. The molecule has 0 bridgehead atoms. The number of halogens is 1. The molecule has 1 atom stereocenters. The Labute approximate surface area is 122 Å². The highest BCUT2D eigenvalue weighted by Crippen LogP contribution is 2.23. The third kappa shape index (κ3) is 4.30. The number of nitrogen functional groups attached to an aromatic ring is 1. The Kier molecular flexibility index (Phi) is 4.96. The number of carbonyl (C=O) groups excluding carboxylic acids is 1. The minimum absolute atomic E-state index is 0.0341. The number of benzene rings is 1. The average molecular weight is 300 g/mol. The lowest BCUT2D eigenvalue weighted by Crippen LogP contribution is -2.41. The highest BCUT2D eigenvalue weighted by atomic mass is 35.5. The van der Waals surface area contributed by atoms with E-state index < -0.39 is 0 Å². The maximum absolute atomic E-state index is 12.0. The average Bonchev–Trinajstić information content (AvgIpc) is 2.33. The second kappa shape index (κ2) is 6.50. The molecule has 19 heavy (non-hydrogen) atoms. The van der Waals surface area contributed by atoms with Gasteiger partial charge in [-0.05, 0) is 18.2 Å². The number of hydrogen-bond donors (Lipinski definition) is 2. The number of nitrogens with one attached hydrogen (secondary N) is 1. The van der Waals surface area contributed by atoms with Crippen molar-refractivity contribution in [3.05, 3.63) is 23.2 Å². The van der Waals surface area contributed by atoms with Crippen LogP contribution >= 0.6 is 23.4 Å². The van der Waals surface area contributed by atoms with Crippen molar-refractivity contribution in [2.75, 3.05) is 36.4 Å². The van der Waals surface area contributed by atoms with Crippen molar-refractivity contribution < 1.29 is 4.79 Å². The quantitative estimate of drug-likeness (QED) is 0.841. The summed E-state index contributed by atoms with van der Waals surface area (Å²) in [4.78, 5) is 14.1. The zero-order chi connectivity index (χ0) is 13.8. The lowest BCUT2D eigenvalue weighted by Gasteiger charge is -2.29. The van der Waals surface area contributed by atoms with Crippen LogP contribution < -0.4 is 11.1 Å². The fraction of sp³-hybridized carbons (Fsp3) is 0.462. The molecule has 1 aromatic carbocycles. The predicted octanol–water partition coefficient (Wildman–Crippen LogP) is 2.30. The van der Waals surface area contributed by atoms with Gasteiger partial charge in [-0.1, -0.05) is 18.5 Å². The monoisotopic (exact) mass is 299 g/mol. The Bertz CT molecular complexity index is 469. The van der Waals surface area contributed by atoms with Crippen molar-refractivity contribution >= 4 is 40.6 Å². The molecule has 0 spiro atoms. The van der Waals surface area contributed by atoms with Crippen molar-refractivity contribution in [1.29, 1.82) is 0 Å². The molecular formula is C13H18ClN3OS. The van der Waals surface area contributed by atoms with E-state index >= 15 is 0 Å². The van der Waals surface area contributed by atoms with Crippen molar-refractivity contribution in [2.24, 2.45) is 0 Å². The molecule has 0 saturated carbocycles. The van der Waals surface area contributed by atoms with Crippen LogP contribution in [0.3, 0.4) is 0 Å². The second-order valence-corrected chi connectivity index (χ2v) is 6.68. The summed E-state index contributed by atoms with van der Waals surface area (Å²) in [6.45, 7) is 4.51. The van der Waals surface area contributed by atoms with Crippen LogP contribution in [0.15, 0.2) is 18.2 Å². The molecule has 6 heteroatoms. The number of anilines is 2. The standard InChI is InChI=1S/C13H18ClN3OS/c1-9-7-17(4-5-19-9)8-13(18)16-12-3-2-10(14)6-11(12)15/h2-3,6,9H,4-5,7-8,15H2,1H3,(H,16,18). The summed E-state index contributed by atoms with van der Waals surface area (Å²) in [7, 11) is 0. The molecule has 1 aliphatic heterocycles. The zero-order valence-electron chi connectivity index (χ0n) is 10.9. The smallest absolute Gasteiger partial charge is 0.238 e. The molecule has 1 heterocycles. The molecule has 104 valence electrons. The molecule has 0 aromatic heterocycles. The third-order valence-corrected chi connectivity index (χ3v) is 4.35. The van der Waals surface area contributed by atoms with Crippen LogP contribution in [0.25, 0.3) is 0 Å². The summed E-state index contributed by atoms with van der Waals surface area (Å²) < 4.78 is 0. The number of thioether (sulfide) groups is 1. The molecule has 1 aliphatic rings. The number of nitrogens with two attached hydrogens (primary N) is 1. The highest BCUT2D eigenvalue weighted by Gasteiger charge is 2.19. The first-order chi connectivity index (χ1) is 9.04. The van der Waals surface area contributed by atoms with E-state index in [1.54, 1.807) is 18.2 Å². The van der Waals surface area contributed by atoms with Gasteiger partial charge in [0, 0.05) is 29.1 Å². The Morgan fingerprint density at radius 3 is 3.11 bits per heavy atom. The van der Waals surface area contributed by atoms with Gasteiger partial charge in [0.05, 0.1) is 17.9 Å². The summed E-state index contributed by atoms with van der Waals surface area (Å²) in [6.07, 6.45) is 0. The lowest BCUT2D eigenvalue weighted by molar-refractivity contribution is -0.117. The van der Waals surface area contributed by atoms with Crippen molar-refractivity contribution in [3.8, 4) is 0 Å². The van der Waals surface area contributed by atoms with Gasteiger partial charge in [-0.15, -0.1) is 0 Å². The normalized spacial score (nSPS) is 20.2. The van der Waals surface area contributed by atoms with Gasteiger partial charge in [-0.3, -0.25) is 9.69 Å². The fourth-order valence-electron chi connectivity index (χ4n) is 2.07. The molecule has 0 radical (unpaired) electrons.